The Kier molecular flexibility index (Phi) is 7.82. The number of anilines is 1. The third kappa shape index (κ3) is 6.42. The molecule has 1 atom stereocenters. The average molecular weight is 498 g/mol. The fourth-order valence-corrected chi connectivity index (χ4v) is 4.48. The third-order valence-electron chi connectivity index (χ3n) is 5.10. The quantitative estimate of drug-likeness (QED) is 0.260. The number of amides is 1. The molecule has 0 fully saturated rings. The van der Waals surface area contributed by atoms with Gasteiger partial charge in [-0.1, -0.05) is 42.5 Å². The van der Waals surface area contributed by atoms with Crippen molar-refractivity contribution < 1.29 is 27.7 Å². The molecule has 0 aliphatic rings. The molecule has 0 saturated carbocycles. The number of nitro groups is 1. The van der Waals surface area contributed by atoms with Crippen LogP contribution in [0.5, 0.6) is 0 Å². The van der Waals surface area contributed by atoms with Gasteiger partial charge in [0.15, 0.2) is 6.61 Å². The van der Waals surface area contributed by atoms with Gasteiger partial charge in [-0.25, -0.2) is 13.2 Å². The number of sulfonamides is 1. The molecule has 10 nitrogen and oxygen atoms in total. The molecule has 0 saturated heterocycles. The van der Waals surface area contributed by atoms with Crippen molar-refractivity contribution in [2.45, 2.75) is 24.8 Å². The van der Waals surface area contributed by atoms with E-state index in [4.69, 9.17) is 4.74 Å². The van der Waals surface area contributed by atoms with E-state index >= 15 is 0 Å². The Balaban J connectivity index is 1.69. The summed E-state index contributed by atoms with van der Waals surface area (Å²) in [5.41, 5.74) is 1.31. The normalized spacial score (nSPS) is 11.8. The number of carbonyl (C=O) groups is 2. The molecule has 3 aromatic rings. The van der Waals surface area contributed by atoms with Crippen molar-refractivity contribution in [3.8, 4) is 0 Å². The summed E-state index contributed by atoms with van der Waals surface area (Å²) in [6.45, 7) is 3.16. The number of non-ortho nitro benzene ring substituents is 1. The van der Waals surface area contributed by atoms with Crippen molar-refractivity contribution in [3.05, 3.63) is 99.6 Å². The first-order valence-corrected chi connectivity index (χ1v) is 11.9. The highest BCUT2D eigenvalue weighted by Gasteiger charge is 2.22. The monoisotopic (exact) mass is 497 g/mol. The molecule has 0 radical (unpaired) electrons. The zero-order valence-corrected chi connectivity index (χ0v) is 19.7. The molecule has 0 aromatic heterocycles. The van der Waals surface area contributed by atoms with Crippen LogP contribution in [0, 0.1) is 17.0 Å². The van der Waals surface area contributed by atoms with Gasteiger partial charge >= 0.3 is 5.97 Å². The van der Waals surface area contributed by atoms with Crippen molar-refractivity contribution in [3.63, 3.8) is 0 Å². The first-order chi connectivity index (χ1) is 16.6. The first-order valence-electron chi connectivity index (χ1n) is 10.5. The number of esters is 1. The fraction of sp³-hybridized carbons (Fsp3) is 0.167. The first kappa shape index (κ1) is 25.4. The van der Waals surface area contributed by atoms with E-state index in [1.165, 1.54) is 36.4 Å². The summed E-state index contributed by atoms with van der Waals surface area (Å²) in [6.07, 6.45) is 0. The van der Waals surface area contributed by atoms with E-state index in [0.29, 0.717) is 0 Å². The number of hydrogen-bond donors (Lipinski definition) is 2. The van der Waals surface area contributed by atoms with Gasteiger partial charge in [-0.2, -0.15) is 0 Å². The molecular formula is C24H23N3O7S. The van der Waals surface area contributed by atoms with Crippen LogP contribution in [0.1, 0.15) is 34.5 Å². The number of benzene rings is 3. The van der Waals surface area contributed by atoms with Crippen LogP contribution in [0.4, 0.5) is 11.4 Å². The summed E-state index contributed by atoms with van der Waals surface area (Å²) < 4.78 is 32.8. The van der Waals surface area contributed by atoms with Gasteiger partial charge < -0.3 is 10.1 Å². The zero-order valence-electron chi connectivity index (χ0n) is 18.9. The minimum atomic E-state index is -4.25. The Morgan fingerprint density at radius 3 is 2.43 bits per heavy atom. The molecule has 2 N–H and O–H groups in total. The molecule has 182 valence electrons. The van der Waals surface area contributed by atoms with Crippen LogP contribution in [-0.4, -0.2) is 31.8 Å². The van der Waals surface area contributed by atoms with Gasteiger partial charge in [0.1, 0.15) is 0 Å². The van der Waals surface area contributed by atoms with E-state index in [2.05, 4.69) is 10.0 Å². The number of nitrogens with one attached hydrogen (secondary N) is 2. The topological polar surface area (TPSA) is 145 Å². The van der Waals surface area contributed by atoms with E-state index in [-0.39, 0.29) is 22.2 Å². The number of rotatable bonds is 9. The van der Waals surface area contributed by atoms with Gasteiger partial charge in [-0.3, -0.25) is 19.6 Å². The molecule has 11 heteroatoms. The highest BCUT2D eigenvalue weighted by atomic mass is 32.2. The van der Waals surface area contributed by atoms with Crippen LogP contribution < -0.4 is 10.0 Å². The van der Waals surface area contributed by atoms with Crippen molar-refractivity contribution in [1.82, 2.24) is 5.32 Å². The van der Waals surface area contributed by atoms with Gasteiger partial charge in [0.2, 0.25) is 0 Å². The second kappa shape index (κ2) is 10.8. The smallest absolute Gasteiger partial charge is 0.340 e. The molecule has 35 heavy (non-hydrogen) atoms. The van der Waals surface area contributed by atoms with Gasteiger partial charge in [0, 0.05) is 12.1 Å². The maximum atomic E-state index is 12.8. The number of para-hydroxylation sites is 1. The third-order valence-corrected chi connectivity index (χ3v) is 6.46. The van der Waals surface area contributed by atoms with Crippen LogP contribution in [0.15, 0.2) is 77.7 Å². The molecule has 0 aliphatic heterocycles. The van der Waals surface area contributed by atoms with Gasteiger partial charge in [-0.15, -0.1) is 0 Å². The largest absolute Gasteiger partial charge is 0.452 e. The Labute approximate surface area is 202 Å². The minimum absolute atomic E-state index is 0.0994. The van der Waals surface area contributed by atoms with Crippen LogP contribution in [-0.2, 0) is 19.6 Å². The molecule has 0 heterocycles. The second-order valence-corrected chi connectivity index (χ2v) is 9.31. The molecule has 1 unspecified atom stereocenters. The highest BCUT2D eigenvalue weighted by Crippen LogP contribution is 2.23. The van der Waals surface area contributed by atoms with Crippen LogP contribution in [0.3, 0.4) is 0 Å². The number of ether oxygens (including phenoxy) is 1. The Morgan fingerprint density at radius 1 is 1.03 bits per heavy atom. The van der Waals surface area contributed by atoms with Gasteiger partial charge in [0.25, 0.3) is 21.6 Å². The lowest BCUT2D eigenvalue weighted by molar-refractivity contribution is -0.385. The van der Waals surface area contributed by atoms with E-state index in [0.717, 1.165) is 23.3 Å². The number of aryl methyl sites for hydroxylation is 1. The van der Waals surface area contributed by atoms with Gasteiger partial charge in [-0.05, 0) is 43.2 Å². The number of carbonyl (C=O) groups excluding carboxylic acids is 2. The molecule has 0 spiro atoms. The summed E-state index contributed by atoms with van der Waals surface area (Å²) in [4.78, 5) is 34.8. The van der Waals surface area contributed by atoms with E-state index < -0.39 is 39.1 Å². The number of nitro benzene ring substituents is 1. The number of nitrogens with zero attached hydrogens (tertiary/aromatic N) is 1. The standard InChI is InChI=1S/C24H23N3O7S/c1-16-8-3-4-11-20(16)17(2)25-23(28)15-34-24(29)21-12-5-6-13-22(21)26-35(32,33)19-10-7-9-18(14-19)27(30)31/h3-14,17,26H,15H2,1-2H3,(H,25,28). The molecule has 1 amide bonds. The van der Waals surface area contributed by atoms with Crippen LogP contribution in [0.25, 0.3) is 0 Å². The Bertz CT molecular complexity index is 1370. The number of hydrogen-bond acceptors (Lipinski definition) is 7. The molecule has 3 aromatic carbocycles. The van der Waals surface area contributed by atoms with Crippen molar-refractivity contribution in [2.24, 2.45) is 0 Å². The maximum absolute atomic E-state index is 12.8. The fourth-order valence-electron chi connectivity index (χ4n) is 3.36. The summed E-state index contributed by atoms with van der Waals surface area (Å²) in [7, 11) is -4.25. The Morgan fingerprint density at radius 2 is 1.71 bits per heavy atom. The van der Waals surface area contributed by atoms with Crippen LogP contribution >= 0.6 is 0 Å². The van der Waals surface area contributed by atoms with Gasteiger partial charge in [0.05, 0.1) is 27.1 Å². The summed E-state index contributed by atoms with van der Waals surface area (Å²) in [6, 6.07) is 17.4. The van der Waals surface area contributed by atoms with Crippen LogP contribution in [0.2, 0.25) is 0 Å². The second-order valence-electron chi connectivity index (χ2n) is 7.63. The van der Waals surface area contributed by atoms with Crippen molar-refractivity contribution in [1.29, 1.82) is 0 Å². The van der Waals surface area contributed by atoms with E-state index in [9.17, 15) is 28.1 Å². The molecular weight excluding hydrogens is 474 g/mol. The average Bonchev–Trinajstić information content (AvgIpc) is 2.83. The van der Waals surface area contributed by atoms with E-state index in [1.807, 2.05) is 31.2 Å². The summed E-state index contributed by atoms with van der Waals surface area (Å²) in [5, 5.41) is 13.7. The SMILES string of the molecule is Cc1ccccc1C(C)NC(=O)COC(=O)c1ccccc1NS(=O)(=O)c1cccc([N+](=O)[O-])c1. The van der Waals surface area contributed by atoms with Crippen molar-refractivity contribution in [2.75, 3.05) is 11.3 Å². The molecule has 3 rings (SSSR count). The predicted molar refractivity (Wildman–Crippen MR) is 128 cm³/mol. The lowest BCUT2D eigenvalue weighted by atomic mass is 10.0. The summed E-state index contributed by atoms with van der Waals surface area (Å²) >= 11 is 0. The zero-order chi connectivity index (χ0) is 25.6. The maximum Gasteiger partial charge on any atom is 0.340 e. The Hall–Kier alpha value is -4.25. The highest BCUT2D eigenvalue weighted by molar-refractivity contribution is 7.92. The van der Waals surface area contributed by atoms with Crippen molar-refractivity contribution >= 4 is 33.3 Å². The minimum Gasteiger partial charge on any atom is -0.452 e. The lowest BCUT2D eigenvalue weighted by Gasteiger charge is -2.17. The molecule has 0 aliphatic carbocycles. The predicted octanol–water partition coefficient (Wildman–Crippen LogP) is 3.74. The summed E-state index contributed by atoms with van der Waals surface area (Å²) in [5.74, 6) is -1.44. The van der Waals surface area contributed by atoms with E-state index in [1.54, 1.807) is 6.92 Å². The lowest BCUT2D eigenvalue weighted by Crippen LogP contribution is -2.31. The molecule has 0 bridgehead atoms.